The van der Waals surface area contributed by atoms with Crippen molar-refractivity contribution in [3.05, 3.63) is 0 Å². The largest absolute Gasteiger partial charge is 0.336 e. The summed E-state index contributed by atoms with van der Waals surface area (Å²) in [6.07, 6.45) is 3.29. The molecular formula is C10H20N2O. The average Bonchev–Trinajstić information content (AvgIpc) is 2.51. The SMILES string of the molecule is CCC(C)NC(=O)N1CCCC1C. The minimum atomic E-state index is 0.111. The Morgan fingerprint density at radius 3 is 2.85 bits per heavy atom. The molecule has 13 heavy (non-hydrogen) atoms. The van der Waals surface area contributed by atoms with Gasteiger partial charge in [-0.25, -0.2) is 4.79 Å². The van der Waals surface area contributed by atoms with Gasteiger partial charge in [0.1, 0.15) is 0 Å². The summed E-state index contributed by atoms with van der Waals surface area (Å²) in [6, 6.07) is 0.823. The summed E-state index contributed by atoms with van der Waals surface area (Å²) < 4.78 is 0. The molecular weight excluding hydrogens is 164 g/mol. The van der Waals surface area contributed by atoms with E-state index in [2.05, 4.69) is 19.2 Å². The highest BCUT2D eigenvalue weighted by Gasteiger charge is 2.25. The summed E-state index contributed by atoms with van der Waals surface area (Å²) in [5, 5.41) is 2.99. The highest BCUT2D eigenvalue weighted by molar-refractivity contribution is 5.75. The predicted molar refractivity (Wildman–Crippen MR) is 53.7 cm³/mol. The normalized spacial score (nSPS) is 24.5. The van der Waals surface area contributed by atoms with Crippen molar-refractivity contribution in [2.75, 3.05) is 6.54 Å². The number of rotatable bonds is 2. The molecule has 0 aromatic carbocycles. The van der Waals surface area contributed by atoms with E-state index in [1.54, 1.807) is 0 Å². The molecule has 1 N–H and O–H groups in total. The molecule has 0 aromatic rings. The third kappa shape index (κ3) is 2.61. The topological polar surface area (TPSA) is 32.3 Å². The number of nitrogens with one attached hydrogen (secondary N) is 1. The van der Waals surface area contributed by atoms with Gasteiger partial charge in [0.15, 0.2) is 0 Å². The quantitative estimate of drug-likeness (QED) is 0.699. The molecule has 2 atom stereocenters. The van der Waals surface area contributed by atoms with Crippen LogP contribution in [0.1, 0.15) is 40.0 Å². The van der Waals surface area contributed by atoms with Crippen LogP contribution in [0.25, 0.3) is 0 Å². The molecule has 1 fully saturated rings. The maximum atomic E-state index is 11.6. The number of hydrogen-bond acceptors (Lipinski definition) is 1. The van der Waals surface area contributed by atoms with E-state index < -0.39 is 0 Å². The van der Waals surface area contributed by atoms with Gasteiger partial charge in [0.05, 0.1) is 0 Å². The molecule has 1 heterocycles. The molecule has 0 aliphatic carbocycles. The Morgan fingerprint density at radius 1 is 1.69 bits per heavy atom. The number of urea groups is 1. The van der Waals surface area contributed by atoms with Crippen LogP contribution in [0, 0.1) is 0 Å². The Kier molecular flexibility index (Phi) is 3.58. The van der Waals surface area contributed by atoms with E-state index in [9.17, 15) is 4.79 Å². The van der Waals surface area contributed by atoms with Gasteiger partial charge in [-0.3, -0.25) is 0 Å². The maximum absolute atomic E-state index is 11.6. The van der Waals surface area contributed by atoms with Crippen LogP contribution >= 0.6 is 0 Å². The Balaban J connectivity index is 2.38. The van der Waals surface area contributed by atoms with Crippen molar-refractivity contribution >= 4 is 6.03 Å². The number of carbonyl (C=O) groups is 1. The number of amides is 2. The second-order valence-electron chi connectivity index (χ2n) is 3.94. The van der Waals surface area contributed by atoms with Crippen LogP contribution < -0.4 is 5.32 Å². The minimum Gasteiger partial charge on any atom is -0.336 e. The fraction of sp³-hybridized carbons (Fsp3) is 0.900. The van der Waals surface area contributed by atoms with Crippen molar-refractivity contribution in [1.29, 1.82) is 0 Å². The van der Waals surface area contributed by atoms with Gasteiger partial charge >= 0.3 is 6.03 Å². The van der Waals surface area contributed by atoms with Crippen LogP contribution in [0.4, 0.5) is 4.79 Å². The molecule has 2 amide bonds. The summed E-state index contributed by atoms with van der Waals surface area (Å²) in [5.41, 5.74) is 0. The van der Waals surface area contributed by atoms with Crippen molar-refractivity contribution < 1.29 is 4.79 Å². The molecule has 3 heteroatoms. The zero-order valence-electron chi connectivity index (χ0n) is 8.84. The standard InChI is InChI=1S/C10H20N2O/c1-4-8(2)11-10(13)12-7-5-6-9(12)3/h8-9H,4-7H2,1-3H3,(H,11,13). The number of likely N-dealkylation sites (tertiary alicyclic amines) is 1. The molecule has 0 aromatic heterocycles. The first kappa shape index (κ1) is 10.4. The van der Waals surface area contributed by atoms with E-state index in [4.69, 9.17) is 0 Å². The predicted octanol–water partition coefficient (Wildman–Crippen LogP) is 1.98. The fourth-order valence-electron chi connectivity index (χ4n) is 1.63. The highest BCUT2D eigenvalue weighted by atomic mass is 16.2. The van der Waals surface area contributed by atoms with Gasteiger partial charge in [0.25, 0.3) is 0 Å². The first-order valence-electron chi connectivity index (χ1n) is 5.22. The lowest BCUT2D eigenvalue weighted by atomic mass is 10.2. The van der Waals surface area contributed by atoms with Gasteiger partial charge in [-0.2, -0.15) is 0 Å². The van der Waals surface area contributed by atoms with Crippen molar-refractivity contribution in [2.24, 2.45) is 0 Å². The third-order valence-electron chi connectivity index (χ3n) is 2.80. The number of nitrogens with zero attached hydrogens (tertiary/aromatic N) is 1. The smallest absolute Gasteiger partial charge is 0.317 e. The van der Waals surface area contributed by atoms with Gasteiger partial charge in [-0.05, 0) is 33.1 Å². The molecule has 0 spiro atoms. The van der Waals surface area contributed by atoms with E-state index in [1.165, 1.54) is 0 Å². The van der Waals surface area contributed by atoms with Crippen molar-refractivity contribution in [3.63, 3.8) is 0 Å². The van der Waals surface area contributed by atoms with Crippen LogP contribution in [-0.4, -0.2) is 29.6 Å². The summed E-state index contributed by atoms with van der Waals surface area (Å²) in [5.74, 6) is 0. The van der Waals surface area contributed by atoms with Crippen LogP contribution in [0.2, 0.25) is 0 Å². The Morgan fingerprint density at radius 2 is 2.38 bits per heavy atom. The summed E-state index contributed by atoms with van der Waals surface area (Å²) >= 11 is 0. The molecule has 76 valence electrons. The zero-order valence-corrected chi connectivity index (χ0v) is 8.84. The lowest BCUT2D eigenvalue weighted by Gasteiger charge is -2.23. The maximum Gasteiger partial charge on any atom is 0.317 e. The molecule has 1 rings (SSSR count). The molecule has 1 aliphatic rings. The van der Waals surface area contributed by atoms with Crippen molar-refractivity contribution in [3.8, 4) is 0 Å². The van der Waals surface area contributed by atoms with Crippen LogP contribution in [0.3, 0.4) is 0 Å². The van der Waals surface area contributed by atoms with Gasteiger partial charge < -0.3 is 10.2 Å². The lowest BCUT2D eigenvalue weighted by Crippen LogP contribution is -2.45. The first-order valence-corrected chi connectivity index (χ1v) is 5.22. The molecule has 0 saturated carbocycles. The van der Waals surface area contributed by atoms with E-state index in [-0.39, 0.29) is 6.03 Å². The fourth-order valence-corrected chi connectivity index (χ4v) is 1.63. The van der Waals surface area contributed by atoms with E-state index in [1.807, 2.05) is 11.8 Å². The molecule has 1 aliphatic heterocycles. The highest BCUT2D eigenvalue weighted by Crippen LogP contribution is 2.16. The van der Waals surface area contributed by atoms with Crippen molar-refractivity contribution in [1.82, 2.24) is 10.2 Å². The molecule has 3 nitrogen and oxygen atoms in total. The van der Waals surface area contributed by atoms with Gasteiger partial charge in [0.2, 0.25) is 0 Å². The Labute approximate surface area is 80.5 Å². The summed E-state index contributed by atoms with van der Waals surface area (Å²) in [4.78, 5) is 13.6. The third-order valence-corrected chi connectivity index (χ3v) is 2.80. The second kappa shape index (κ2) is 4.49. The molecule has 1 saturated heterocycles. The summed E-state index contributed by atoms with van der Waals surface area (Å²) in [7, 11) is 0. The first-order chi connectivity index (χ1) is 6.15. The zero-order chi connectivity index (χ0) is 9.84. The average molecular weight is 184 g/mol. The lowest BCUT2D eigenvalue weighted by molar-refractivity contribution is 0.192. The molecule has 2 unspecified atom stereocenters. The minimum absolute atomic E-state index is 0.111. The monoisotopic (exact) mass is 184 g/mol. The number of carbonyl (C=O) groups excluding carboxylic acids is 1. The van der Waals surface area contributed by atoms with Gasteiger partial charge in [0, 0.05) is 18.6 Å². The Hall–Kier alpha value is -0.730. The second-order valence-corrected chi connectivity index (χ2v) is 3.94. The van der Waals surface area contributed by atoms with Crippen LogP contribution in [0.15, 0.2) is 0 Å². The van der Waals surface area contributed by atoms with Gasteiger partial charge in [-0.1, -0.05) is 6.92 Å². The van der Waals surface area contributed by atoms with Crippen molar-refractivity contribution in [2.45, 2.75) is 52.1 Å². The number of hydrogen-bond donors (Lipinski definition) is 1. The molecule has 0 bridgehead atoms. The van der Waals surface area contributed by atoms with E-state index in [0.717, 1.165) is 25.8 Å². The Bertz CT molecular complexity index is 182. The summed E-state index contributed by atoms with van der Waals surface area (Å²) in [6.45, 7) is 7.16. The van der Waals surface area contributed by atoms with E-state index >= 15 is 0 Å². The van der Waals surface area contributed by atoms with Crippen LogP contribution in [-0.2, 0) is 0 Å². The molecule has 0 radical (unpaired) electrons. The van der Waals surface area contributed by atoms with Gasteiger partial charge in [-0.15, -0.1) is 0 Å². The van der Waals surface area contributed by atoms with E-state index in [0.29, 0.717) is 12.1 Å². The van der Waals surface area contributed by atoms with Crippen LogP contribution in [0.5, 0.6) is 0 Å².